The third-order valence-corrected chi connectivity index (χ3v) is 4.23. The Bertz CT molecular complexity index is 183. The van der Waals surface area contributed by atoms with E-state index in [1.54, 1.807) is 0 Å². The minimum atomic E-state index is -0.660. The third-order valence-electron chi connectivity index (χ3n) is 3.07. The standard InChI is InChI=1S/C15H30O2S/c1-2-3-4-5-7-10-13-18-14-11-8-6-9-12-15(16)17/h2-14H2,1H3,(H,16,17). The molecule has 1 N–H and O–H groups in total. The molecular weight excluding hydrogens is 244 g/mol. The molecule has 0 atom stereocenters. The van der Waals surface area contributed by atoms with E-state index in [1.807, 2.05) is 0 Å². The molecule has 18 heavy (non-hydrogen) atoms. The quantitative estimate of drug-likeness (QED) is 0.447. The molecule has 0 aliphatic heterocycles. The summed E-state index contributed by atoms with van der Waals surface area (Å²) >= 11 is 2.07. The number of aliphatic carboxylic acids is 1. The van der Waals surface area contributed by atoms with Gasteiger partial charge in [-0.15, -0.1) is 0 Å². The average molecular weight is 274 g/mol. The number of carboxylic acids is 1. The zero-order valence-corrected chi connectivity index (χ0v) is 12.8. The Morgan fingerprint density at radius 2 is 1.33 bits per heavy atom. The van der Waals surface area contributed by atoms with Gasteiger partial charge < -0.3 is 5.11 Å². The highest BCUT2D eigenvalue weighted by atomic mass is 32.2. The van der Waals surface area contributed by atoms with Crippen LogP contribution in [0.1, 0.15) is 77.6 Å². The van der Waals surface area contributed by atoms with Crippen LogP contribution in [0.15, 0.2) is 0 Å². The van der Waals surface area contributed by atoms with E-state index in [4.69, 9.17) is 5.11 Å². The summed E-state index contributed by atoms with van der Waals surface area (Å²) in [6.07, 6.45) is 13.0. The van der Waals surface area contributed by atoms with Crippen LogP contribution in [0.3, 0.4) is 0 Å². The molecular formula is C15H30O2S. The topological polar surface area (TPSA) is 37.3 Å². The molecule has 0 aromatic rings. The molecule has 0 bridgehead atoms. The van der Waals surface area contributed by atoms with Crippen LogP contribution >= 0.6 is 11.8 Å². The smallest absolute Gasteiger partial charge is 0.303 e. The third kappa shape index (κ3) is 15.8. The summed E-state index contributed by atoms with van der Waals surface area (Å²) in [4.78, 5) is 10.3. The first-order valence-corrected chi connectivity index (χ1v) is 8.72. The molecule has 0 heterocycles. The van der Waals surface area contributed by atoms with Gasteiger partial charge in [-0.25, -0.2) is 0 Å². The SMILES string of the molecule is CCCCCCCCSCCCCCCC(=O)O. The summed E-state index contributed by atoms with van der Waals surface area (Å²) in [5.74, 6) is 1.90. The summed E-state index contributed by atoms with van der Waals surface area (Å²) < 4.78 is 0. The first-order valence-electron chi connectivity index (χ1n) is 7.57. The maximum atomic E-state index is 10.3. The van der Waals surface area contributed by atoms with Crippen molar-refractivity contribution in [3.8, 4) is 0 Å². The van der Waals surface area contributed by atoms with E-state index in [-0.39, 0.29) is 0 Å². The zero-order chi connectivity index (χ0) is 13.5. The second kappa shape index (κ2) is 14.9. The predicted molar refractivity (Wildman–Crippen MR) is 81.4 cm³/mol. The second-order valence-corrected chi connectivity index (χ2v) is 6.16. The van der Waals surface area contributed by atoms with Gasteiger partial charge in [-0.2, -0.15) is 11.8 Å². The fourth-order valence-corrected chi connectivity index (χ4v) is 2.94. The van der Waals surface area contributed by atoms with Crippen molar-refractivity contribution in [2.75, 3.05) is 11.5 Å². The maximum Gasteiger partial charge on any atom is 0.303 e. The van der Waals surface area contributed by atoms with Gasteiger partial charge in [0.15, 0.2) is 0 Å². The molecule has 0 saturated heterocycles. The van der Waals surface area contributed by atoms with E-state index >= 15 is 0 Å². The Hall–Kier alpha value is -0.180. The Labute approximate surface area is 117 Å². The number of carbonyl (C=O) groups is 1. The number of unbranched alkanes of at least 4 members (excludes halogenated alkanes) is 8. The average Bonchev–Trinajstić information content (AvgIpc) is 2.34. The minimum Gasteiger partial charge on any atom is -0.481 e. The first kappa shape index (κ1) is 17.8. The van der Waals surface area contributed by atoms with Gasteiger partial charge in [0, 0.05) is 6.42 Å². The van der Waals surface area contributed by atoms with Crippen LogP contribution in [0.5, 0.6) is 0 Å². The number of rotatable bonds is 14. The molecule has 108 valence electrons. The molecule has 0 radical (unpaired) electrons. The summed E-state index contributed by atoms with van der Waals surface area (Å²) in [5, 5.41) is 8.49. The van der Waals surface area contributed by atoms with E-state index < -0.39 is 5.97 Å². The number of carboxylic acid groups (broad SMARTS) is 1. The molecule has 0 amide bonds. The van der Waals surface area contributed by atoms with Crippen molar-refractivity contribution in [2.24, 2.45) is 0 Å². The van der Waals surface area contributed by atoms with Crippen LogP contribution in [0, 0.1) is 0 Å². The lowest BCUT2D eigenvalue weighted by atomic mass is 10.1. The molecule has 0 saturated carbocycles. The normalized spacial score (nSPS) is 10.7. The van der Waals surface area contributed by atoms with Gasteiger partial charge in [-0.3, -0.25) is 4.79 Å². The Morgan fingerprint density at radius 3 is 1.89 bits per heavy atom. The predicted octanol–water partition coefficient (Wildman–Crippen LogP) is 5.12. The lowest BCUT2D eigenvalue weighted by Gasteiger charge is -2.02. The van der Waals surface area contributed by atoms with Crippen LogP contribution in [0.4, 0.5) is 0 Å². The van der Waals surface area contributed by atoms with Crippen molar-refractivity contribution in [1.82, 2.24) is 0 Å². The van der Waals surface area contributed by atoms with Crippen molar-refractivity contribution in [2.45, 2.75) is 77.6 Å². The fraction of sp³-hybridized carbons (Fsp3) is 0.933. The zero-order valence-electron chi connectivity index (χ0n) is 12.0. The van der Waals surface area contributed by atoms with Crippen molar-refractivity contribution in [3.63, 3.8) is 0 Å². The monoisotopic (exact) mass is 274 g/mol. The van der Waals surface area contributed by atoms with E-state index in [0.29, 0.717) is 6.42 Å². The van der Waals surface area contributed by atoms with Crippen LogP contribution in [-0.2, 0) is 4.79 Å². The number of hydrogen-bond donors (Lipinski definition) is 1. The Balaban J connectivity index is 2.92. The van der Waals surface area contributed by atoms with E-state index in [1.165, 1.54) is 62.9 Å². The van der Waals surface area contributed by atoms with Gasteiger partial charge >= 0.3 is 5.97 Å². The fourth-order valence-electron chi connectivity index (χ4n) is 1.92. The van der Waals surface area contributed by atoms with E-state index in [2.05, 4.69) is 18.7 Å². The minimum absolute atomic E-state index is 0.338. The summed E-state index contributed by atoms with van der Waals surface area (Å²) in [6.45, 7) is 2.26. The van der Waals surface area contributed by atoms with Crippen molar-refractivity contribution in [1.29, 1.82) is 0 Å². The Morgan fingerprint density at radius 1 is 0.833 bits per heavy atom. The largest absolute Gasteiger partial charge is 0.481 e. The van der Waals surface area contributed by atoms with Gasteiger partial charge in [0.1, 0.15) is 0 Å². The molecule has 2 nitrogen and oxygen atoms in total. The van der Waals surface area contributed by atoms with Crippen LogP contribution in [0.25, 0.3) is 0 Å². The van der Waals surface area contributed by atoms with Gasteiger partial charge in [-0.05, 0) is 30.8 Å². The molecule has 0 unspecified atom stereocenters. The van der Waals surface area contributed by atoms with Crippen LogP contribution in [0.2, 0.25) is 0 Å². The lowest BCUT2D eigenvalue weighted by molar-refractivity contribution is -0.137. The van der Waals surface area contributed by atoms with Crippen molar-refractivity contribution >= 4 is 17.7 Å². The van der Waals surface area contributed by atoms with Crippen LogP contribution < -0.4 is 0 Å². The molecule has 0 aliphatic rings. The first-order chi connectivity index (χ1) is 8.77. The highest BCUT2D eigenvalue weighted by Gasteiger charge is 1.96. The Kier molecular flexibility index (Phi) is 14.7. The van der Waals surface area contributed by atoms with Gasteiger partial charge in [0.2, 0.25) is 0 Å². The van der Waals surface area contributed by atoms with Crippen LogP contribution in [-0.4, -0.2) is 22.6 Å². The van der Waals surface area contributed by atoms with Crippen molar-refractivity contribution < 1.29 is 9.90 Å². The summed E-state index contributed by atoms with van der Waals surface area (Å²) in [5.41, 5.74) is 0. The molecule has 0 rings (SSSR count). The van der Waals surface area contributed by atoms with Gasteiger partial charge in [-0.1, -0.05) is 51.9 Å². The molecule has 0 aliphatic carbocycles. The van der Waals surface area contributed by atoms with E-state index in [0.717, 1.165) is 12.8 Å². The lowest BCUT2D eigenvalue weighted by Crippen LogP contribution is -1.93. The number of thioether (sulfide) groups is 1. The highest BCUT2D eigenvalue weighted by molar-refractivity contribution is 7.99. The maximum absolute atomic E-state index is 10.3. The van der Waals surface area contributed by atoms with Gasteiger partial charge in [0.05, 0.1) is 0 Å². The molecule has 0 aromatic carbocycles. The van der Waals surface area contributed by atoms with E-state index in [9.17, 15) is 4.79 Å². The second-order valence-electron chi connectivity index (χ2n) is 4.94. The molecule has 0 aromatic heterocycles. The summed E-state index contributed by atoms with van der Waals surface area (Å²) in [6, 6.07) is 0. The number of hydrogen-bond acceptors (Lipinski definition) is 2. The van der Waals surface area contributed by atoms with Gasteiger partial charge in [0.25, 0.3) is 0 Å². The highest BCUT2D eigenvalue weighted by Crippen LogP contribution is 2.12. The molecule has 0 fully saturated rings. The molecule has 3 heteroatoms. The van der Waals surface area contributed by atoms with Crippen molar-refractivity contribution in [3.05, 3.63) is 0 Å². The summed E-state index contributed by atoms with van der Waals surface area (Å²) in [7, 11) is 0. The molecule has 0 spiro atoms.